The molecule has 0 aromatic carbocycles. The average Bonchev–Trinajstić information content (AvgIpc) is 2.68. The quantitative estimate of drug-likeness (QED) is 0.945. The minimum atomic E-state index is 0.0500. The van der Waals surface area contributed by atoms with Gasteiger partial charge in [-0.1, -0.05) is 0 Å². The Kier molecular flexibility index (Phi) is 3.42. The third-order valence-electron chi connectivity index (χ3n) is 2.46. The van der Waals surface area contributed by atoms with Crippen molar-refractivity contribution in [2.45, 2.75) is 19.9 Å². The molecule has 0 saturated carbocycles. The molecular formula is C11H14BrN5. The standard InChI is InChI=1S/C11H14BrN5/c1-7-4-9(12)10(13-5-7)15-8(2)11-16-14-6-17(11)3/h4-6,8H,1-3H3,(H,13,15). The highest BCUT2D eigenvalue weighted by Crippen LogP contribution is 2.24. The first kappa shape index (κ1) is 12.0. The molecular weight excluding hydrogens is 282 g/mol. The highest BCUT2D eigenvalue weighted by atomic mass is 79.9. The van der Waals surface area contributed by atoms with E-state index in [9.17, 15) is 0 Å². The van der Waals surface area contributed by atoms with Crippen LogP contribution in [0.1, 0.15) is 24.4 Å². The lowest BCUT2D eigenvalue weighted by molar-refractivity contribution is 0.716. The number of aryl methyl sites for hydroxylation is 2. The molecule has 0 saturated heterocycles. The number of rotatable bonds is 3. The second kappa shape index (κ2) is 4.83. The predicted molar refractivity (Wildman–Crippen MR) is 69.7 cm³/mol. The second-order valence-electron chi connectivity index (χ2n) is 4.01. The van der Waals surface area contributed by atoms with Crippen molar-refractivity contribution in [2.24, 2.45) is 7.05 Å². The molecule has 0 aliphatic heterocycles. The molecule has 5 nitrogen and oxygen atoms in total. The third-order valence-corrected chi connectivity index (χ3v) is 3.07. The Labute approximate surface area is 108 Å². The van der Waals surface area contributed by atoms with Crippen molar-refractivity contribution < 1.29 is 0 Å². The van der Waals surface area contributed by atoms with Crippen molar-refractivity contribution in [3.8, 4) is 0 Å². The van der Waals surface area contributed by atoms with Crippen molar-refractivity contribution in [3.05, 3.63) is 34.5 Å². The highest BCUT2D eigenvalue weighted by molar-refractivity contribution is 9.10. The van der Waals surface area contributed by atoms with E-state index in [0.29, 0.717) is 0 Å². The largest absolute Gasteiger partial charge is 0.359 e. The molecule has 0 bridgehead atoms. The normalized spacial score (nSPS) is 12.5. The Morgan fingerprint density at radius 3 is 2.82 bits per heavy atom. The molecule has 0 spiro atoms. The summed E-state index contributed by atoms with van der Waals surface area (Å²) in [6, 6.07) is 2.08. The first-order valence-electron chi connectivity index (χ1n) is 5.30. The van der Waals surface area contributed by atoms with Crippen LogP contribution in [0, 0.1) is 6.92 Å². The van der Waals surface area contributed by atoms with Crippen molar-refractivity contribution in [2.75, 3.05) is 5.32 Å². The molecule has 1 N–H and O–H groups in total. The summed E-state index contributed by atoms with van der Waals surface area (Å²) in [5, 5.41) is 11.2. The van der Waals surface area contributed by atoms with Gasteiger partial charge in [-0.05, 0) is 41.4 Å². The molecule has 2 aromatic rings. The van der Waals surface area contributed by atoms with Gasteiger partial charge >= 0.3 is 0 Å². The van der Waals surface area contributed by atoms with E-state index in [0.717, 1.165) is 21.7 Å². The van der Waals surface area contributed by atoms with Gasteiger partial charge in [0, 0.05) is 13.2 Å². The maximum absolute atomic E-state index is 4.34. The third kappa shape index (κ3) is 2.63. The van der Waals surface area contributed by atoms with Gasteiger partial charge in [-0.2, -0.15) is 0 Å². The zero-order valence-electron chi connectivity index (χ0n) is 9.98. The van der Waals surface area contributed by atoms with Gasteiger partial charge in [0.15, 0.2) is 5.82 Å². The molecule has 17 heavy (non-hydrogen) atoms. The van der Waals surface area contributed by atoms with Crippen LogP contribution < -0.4 is 5.32 Å². The fraction of sp³-hybridized carbons (Fsp3) is 0.364. The first-order valence-corrected chi connectivity index (χ1v) is 6.10. The number of aromatic nitrogens is 4. The number of nitrogens with one attached hydrogen (secondary N) is 1. The number of pyridine rings is 1. The van der Waals surface area contributed by atoms with Crippen LogP contribution in [0.15, 0.2) is 23.1 Å². The smallest absolute Gasteiger partial charge is 0.154 e. The van der Waals surface area contributed by atoms with E-state index < -0.39 is 0 Å². The molecule has 0 aliphatic rings. The van der Waals surface area contributed by atoms with Gasteiger partial charge in [0.05, 0.1) is 10.5 Å². The predicted octanol–water partition coefficient (Wildman–Crippen LogP) is 2.45. The number of hydrogen-bond donors (Lipinski definition) is 1. The first-order chi connectivity index (χ1) is 8.08. The van der Waals surface area contributed by atoms with Crippen molar-refractivity contribution in [1.29, 1.82) is 0 Å². The molecule has 1 unspecified atom stereocenters. The molecule has 0 amide bonds. The Hall–Kier alpha value is -1.43. The lowest BCUT2D eigenvalue weighted by Crippen LogP contribution is -2.13. The van der Waals surface area contributed by atoms with E-state index in [1.807, 2.05) is 37.7 Å². The van der Waals surface area contributed by atoms with Crippen LogP contribution in [0.2, 0.25) is 0 Å². The fourth-order valence-electron chi connectivity index (χ4n) is 1.59. The molecule has 2 aromatic heterocycles. The number of anilines is 1. The van der Waals surface area contributed by atoms with E-state index in [1.54, 1.807) is 6.33 Å². The molecule has 90 valence electrons. The van der Waals surface area contributed by atoms with Crippen molar-refractivity contribution in [3.63, 3.8) is 0 Å². The van der Waals surface area contributed by atoms with Gasteiger partial charge in [-0.25, -0.2) is 4.98 Å². The number of nitrogens with zero attached hydrogens (tertiary/aromatic N) is 4. The lowest BCUT2D eigenvalue weighted by atomic mass is 10.3. The van der Waals surface area contributed by atoms with E-state index in [1.165, 1.54) is 0 Å². The number of hydrogen-bond acceptors (Lipinski definition) is 4. The SMILES string of the molecule is Cc1cnc(NC(C)c2nncn2C)c(Br)c1. The van der Waals surface area contributed by atoms with Crippen LogP contribution in [-0.4, -0.2) is 19.7 Å². The fourth-order valence-corrected chi connectivity index (χ4v) is 2.17. The molecule has 2 heterocycles. The van der Waals surface area contributed by atoms with E-state index in [-0.39, 0.29) is 6.04 Å². The van der Waals surface area contributed by atoms with Crippen LogP contribution in [0.3, 0.4) is 0 Å². The monoisotopic (exact) mass is 295 g/mol. The minimum Gasteiger partial charge on any atom is -0.359 e. The summed E-state index contributed by atoms with van der Waals surface area (Å²) in [5.41, 5.74) is 1.12. The summed E-state index contributed by atoms with van der Waals surface area (Å²) >= 11 is 3.49. The van der Waals surface area contributed by atoms with Gasteiger partial charge in [0.25, 0.3) is 0 Å². The second-order valence-corrected chi connectivity index (χ2v) is 4.86. The van der Waals surface area contributed by atoms with E-state index in [4.69, 9.17) is 0 Å². The maximum Gasteiger partial charge on any atom is 0.154 e. The van der Waals surface area contributed by atoms with E-state index in [2.05, 4.69) is 36.4 Å². The summed E-state index contributed by atoms with van der Waals surface area (Å²) in [5.74, 6) is 1.69. The van der Waals surface area contributed by atoms with Crippen LogP contribution in [0.25, 0.3) is 0 Å². The van der Waals surface area contributed by atoms with E-state index >= 15 is 0 Å². The van der Waals surface area contributed by atoms with Gasteiger partial charge in [-0.3, -0.25) is 0 Å². The summed E-state index contributed by atoms with van der Waals surface area (Å²) in [6.45, 7) is 4.03. The molecule has 2 rings (SSSR count). The van der Waals surface area contributed by atoms with Crippen molar-refractivity contribution in [1.82, 2.24) is 19.7 Å². The topological polar surface area (TPSA) is 55.6 Å². The summed E-state index contributed by atoms with van der Waals surface area (Å²) in [4.78, 5) is 4.34. The Morgan fingerprint density at radius 2 is 2.24 bits per heavy atom. The maximum atomic E-state index is 4.34. The van der Waals surface area contributed by atoms with Crippen LogP contribution in [0.4, 0.5) is 5.82 Å². The summed E-state index contributed by atoms with van der Waals surface area (Å²) in [6.07, 6.45) is 3.52. The Balaban J connectivity index is 2.19. The van der Waals surface area contributed by atoms with Crippen LogP contribution in [-0.2, 0) is 7.05 Å². The number of halogens is 1. The molecule has 0 aliphatic carbocycles. The summed E-state index contributed by atoms with van der Waals surface area (Å²) in [7, 11) is 1.92. The Morgan fingerprint density at radius 1 is 1.47 bits per heavy atom. The summed E-state index contributed by atoms with van der Waals surface area (Å²) < 4.78 is 2.84. The van der Waals surface area contributed by atoms with Gasteiger partial charge in [0.1, 0.15) is 12.1 Å². The molecule has 1 atom stereocenters. The van der Waals surface area contributed by atoms with Gasteiger partial charge in [-0.15, -0.1) is 10.2 Å². The van der Waals surface area contributed by atoms with Gasteiger partial charge in [0.2, 0.25) is 0 Å². The van der Waals surface area contributed by atoms with Crippen LogP contribution >= 0.6 is 15.9 Å². The molecule has 0 radical (unpaired) electrons. The molecule has 6 heteroatoms. The highest BCUT2D eigenvalue weighted by Gasteiger charge is 2.13. The Bertz CT molecular complexity index is 522. The zero-order chi connectivity index (χ0) is 12.4. The van der Waals surface area contributed by atoms with Crippen LogP contribution in [0.5, 0.6) is 0 Å². The lowest BCUT2D eigenvalue weighted by Gasteiger charge is -2.14. The minimum absolute atomic E-state index is 0.0500. The van der Waals surface area contributed by atoms with Crippen molar-refractivity contribution >= 4 is 21.7 Å². The van der Waals surface area contributed by atoms with Gasteiger partial charge < -0.3 is 9.88 Å². The molecule has 0 fully saturated rings. The zero-order valence-corrected chi connectivity index (χ0v) is 11.6. The average molecular weight is 296 g/mol.